The van der Waals surface area contributed by atoms with Gasteiger partial charge in [-0.3, -0.25) is 4.79 Å². The van der Waals surface area contributed by atoms with Crippen LogP contribution < -0.4 is 0 Å². The van der Waals surface area contributed by atoms with Crippen molar-refractivity contribution in [3.8, 4) is 0 Å². The normalized spacial score (nSPS) is 56.4. The van der Waals surface area contributed by atoms with Crippen LogP contribution in [0.3, 0.4) is 0 Å². The first-order valence-corrected chi connectivity index (χ1v) is 9.41. The number of fused-ring (bicyclic) bond motifs is 3. The standard InChI is InChI=1S/C20H32O2/c1-12-10-20-8-5-15-18(2,3)7-6-17(22)19(15,4)16(20)9-14(21)13(12)11-20/h12-13,15-17,22H,5-11H2,1-4H3/t12-,13+,15+,16-,17-,19+,20+/m0/s1. The highest BCUT2D eigenvalue weighted by Gasteiger charge is 2.67. The van der Waals surface area contributed by atoms with Gasteiger partial charge in [-0.2, -0.15) is 0 Å². The largest absolute Gasteiger partial charge is 0.393 e. The van der Waals surface area contributed by atoms with E-state index in [1.54, 1.807) is 0 Å². The van der Waals surface area contributed by atoms with Crippen LogP contribution in [0.4, 0.5) is 0 Å². The molecule has 124 valence electrons. The van der Waals surface area contributed by atoms with E-state index in [0.717, 1.165) is 25.7 Å². The van der Waals surface area contributed by atoms with Crippen LogP contribution in [0.25, 0.3) is 0 Å². The maximum Gasteiger partial charge on any atom is 0.136 e. The van der Waals surface area contributed by atoms with Gasteiger partial charge in [0.05, 0.1) is 6.10 Å². The molecule has 4 saturated carbocycles. The molecule has 0 aromatic heterocycles. The van der Waals surface area contributed by atoms with Crippen molar-refractivity contribution in [3.05, 3.63) is 0 Å². The van der Waals surface area contributed by atoms with E-state index in [4.69, 9.17) is 0 Å². The Bertz CT molecular complexity index is 510. The van der Waals surface area contributed by atoms with Crippen molar-refractivity contribution in [2.75, 3.05) is 0 Å². The second kappa shape index (κ2) is 4.37. The van der Waals surface area contributed by atoms with E-state index in [0.29, 0.717) is 40.3 Å². The molecule has 0 aliphatic heterocycles. The number of rotatable bonds is 0. The number of ketones is 1. The van der Waals surface area contributed by atoms with E-state index in [2.05, 4.69) is 27.7 Å². The molecule has 0 heterocycles. The zero-order valence-electron chi connectivity index (χ0n) is 14.7. The first kappa shape index (κ1) is 15.2. The fourth-order valence-electron chi connectivity index (χ4n) is 7.73. The van der Waals surface area contributed by atoms with Crippen molar-refractivity contribution in [2.24, 2.45) is 39.9 Å². The molecule has 0 aromatic carbocycles. The molecule has 7 atom stereocenters. The lowest BCUT2D eigenvalue weighted by Gasteiger charge is -2.65. The molecule has 0 unspecified atom stereocenters. The molecular weight excluding hydrogens is 272 g/mol. The Kier molecular flexibility index (Phi) is 3.02. The fraction of sp³-hybridized carbons (Fsp3) is 0.950. The van der Waals surface area contributed by atoms with E-state index in [1.807, 2.05) is 0 Å². The summed E-state index contributed by atoms with van der Waals surface area (Å²) >= 11 is 0. The molecule has 0 aromatic rings. The fourth-order valence-corrected chi connectivity index (χ4v) is 7.73. The van der Waals surface area contributed by atoms with E-state index >= 15 is 0 Å². The van der Waals surface area contributed by atoms with Gasteiger partial charge in [0.15, 0.2) is 0 Å². The van der Waals surface area contributed by atoms with Gasteiger partial charge in [-0.05, 0) is 67.1 Å². The number of aliphatic hydroxyl groups excluding tert-OH is 1. The molecule has 0 amide bonds. The van der Waals surface area contributed by atoms with Gasteiger partial charge in [-0.15, -0.1) is 0 Å². The molecule has 2 bridgehead atoms. The summed E-state index contributed by atoms with van der Waals surface area (Å²) in [6.45, 7) is 9.41. The van der Waals surface area contributed by atoms with Crippen molar-refractivity contribution in [1.82, 2.24) is 0 Å². The molecule has 4 aliphatic carbocycles. The van der Waals surface area contributed by atoms with Crippen LogP contribution in [0.1, 0.15) is 72.6 Å². The molecule has 4 rings (SSSR count). The molecule has 2 nitrogen and oxygen atoms in total. The minimum atomic E-state index is -0.215. The van der Waals surface area contributed by atoms with Crippen molar-refractivity contribution < 1.29 is 9.90 Å². The summed E-state index contributed by atoms with van der Waals surface area (Å²) in [5, 5.41) is 11.0. The quantitative estimate of drug-likeness (QED) is 0.728. The summed E-state index contributed by atoms with van der Waals surface area (Å²) < 4.78 is 0. The number of carbonyl (C=O) groups is 1. The van der Waals surface area contributed by atoms with Crippen LogP contribution in [0, 0.1) is 39.9 Å². The maximum absolute atomic E-state index is 12.7. The Balaban J connectivity index is 1.80. The third-order valence-corrected chi connectivity index (χ3v) is 8.76. The van der Waals surface area contributed by atoms with Crippen LogP contribution in [-0.4, -0.2) is 17.0 Å². The van der Waals surface area contributed by atoms with Gasteiger partial charge in [0, 0.05) is 17.8 Å². The van der Waals surface area contributed by atoms with Crippen LogP contribution in [-0.2, 0) is 4.79 Å². The lowest BCUT2D eigenvalue weighted by molar-refractivity contribution is -0.199. The lowest BCUT2D eigenvalue weighted by Crippen LogP contribution is -2.62. The van der Waals surface area contributed by atoms with Gasteiger partial charge >= 0.3 is 0 Å². The molecule has 2 heteroatoms. The maximum atomic E-state index is 12.7. The van der Waals surface area contributed by atoms with Gasteiger partial charge in [-0.1, -0.05) is 27.7 Å². The molecule has 0 radical (unpaired) electrons. The minimum Gasteiger partial charge on any atom is -0.393 e. The molecule has 4 aliphatic rings. The SMILES string of the molecule is C[C@H]1C[C@@]23CC[C@@H]4C(C)(C)CC[C@H](O)[C@@]4(C)[C@@H]2CC(=O)[C@@H]1C3. The Hall–Kier alpha value is -0.370. The Labute approximate surface area is 135 Å². The first-order chi connectivity index (χ1) is 10.2. The van der Waals surface area contributed by atoms with Crippen LogP contribution >= 0.6 is 0 Å². The predicted octanol–water partition coefficient (Wildman–Crippen LogP) is 4.21. The average molecular weight is 304 g/mol. The molecule has 1 N–H and O–H groups in total. The van der Waals surface area contributed by atoms with Crippen LogP contribution in [0.15, 0.2) is 0 Å². The molecule has 22 heavy (non-hydrogen) atoms. The van der Waals surface area contributed by atoms with E-state index in [1.165, 1.54) is 19.3 Å². The minimum absolute atomic E-state index is 0.0509. The topological polar surface area (TPSA) is 37.3 Å². The van der Waals surface area contributed by atoms with Crippen LogP contribution in [0.5, 0.6) is 0 Å². The molecule has 0 saturated heterocycles. The number of aliphatic hydroxyl groups is 1. The highest BCUT2D eigenvalue weighted by Crippen LogP contribution is 2.71. The van der Waals surface area contributed by atoms with Gasteiger partial charge in [0.1, 0.15) is 5.78 Å². The zero-order chi connectivity index (χ0) is 15.9. The lowest BCUT2D eigenvalue weighted by atomic mass is 9.40. The van der Waals surface area contributed by atoms with Crippen molar-refractivity contribution in [1.29, 1.82) is 0 Å². The summed E-state index contributed by atoms with van der Waals surface area (Å²) in [4.78, 5) is 12.7. The van der Waals surface area contributed by atoms with Crippen LogP contribution in [0.2, 0.25) is 0 Å². The monoisotopic (exact) mass is 304 g/mol. The molecular formula is C20H32O2. The summed E-state index contributed by atoms with van der Waals surface area (Å²) in [5.74, 6) is 2.38. The zero-order valence-corrected chi connectivity index (χ0v) is 14.7. The van der Waals surface area contributed by atoms with E-state index in [9.17, 15) is 9.90 Å². The third kappa shape index (κ3) is 1.68. The Morgan fingerprint density at radius 1 is 1.05 bits per heavy atom. The van der Waals surface area contributed by atoms with Gasteiger partial charge in [-0.25, -0.2) is 0 Å². The average Bonchev–Trinajstić information content (AvgIpc) is 2.72. The summed E-state index contributed by atoms with van der Waals surface area (Å²) in [5.41, 5.74) is 0.613. The highest BCUT2D eigenvalue weighted by molar-refractivity contribution is 5.83. The van der Waals surface area contributed by atoms with Gasteiger partial charge in [0.25, 0.3) is 0 Å². The van der Waals surface area contributed by atoms with Crippen molar-refractivity contribution in [3.63, 3.8) is 0 Å². The van der Waals surface area contributed by atoms with Gasteiger partial charge in [0.2, 0.25) is 0 Å². The number of hydrogen-bond donors (Lipinski definition) is 1. The summed E-state index contributed by atoms with van der Waals surface area (Å²) in [6, 6.07) is 0. The molecule has 4 fully saturated rings. The number of carbonyl (C=O) groups excluding carboxylic acids is 1. The molecule has 1 spiro atoms. The highest BCUT2D eigenvalue weighted by atomic mass is 16.3. The second-order valence-electron chi connectivity index (χ2n) is 10.1. The van der Waals surface area contributed by atoms with Crippen molar-refractivity contribution in [2.45, 2.75) is 78.7 Å². The summed E-state index contributed by atoms with van der Waals surface area (Å²) in [6.07, 6.45) is 7.47. The number of Topliss-reactive ketones (excluding diaryl/α,β-unsaturated/α-hetero) is 1. The first-order valence-electron chi connectivity index (χ1n) is 9.41. The summed E-state index contributed by atoms with van der Waals surface area (Å²) in [7, 11) is 0. The third-order valence-electron chi connectivity index (χ3n) is 8.76. The smallest absolute Gasteiger partial charge is 0.136 e. The van der Waals surface area contributed by atoms with E-state index < -0.39 is 0 Å². The van der Waals surface area contributed by atoms with E-state index in [-0.39, 0.29) is 11.5 Å². The van der Waals surface area contributed by atoms with Gasteiger partial charge < -0.3 is 5.11 Å². The number of hydrogen-bond acceptors (Lipinski definition) is 2. The Morgan fingerprint density at radius 3 is 2.50 bits per heavy atom. The Morgan fingerprint density at radius 2 is 1.77 bits per heavy atom. The van der Waals surface area contributed by atoms with Crippen molar-refractivity contribution >= 4 is 5.78 Å². The predicted molar refractivity (Wildman–Crippen MR) is 87.3 cm³/mol. The second-order valence-corrected chi connectivity index (χ2v) is 10.1.